The molecule has 0 aromatic heterocycles. The van der Waals surface area contributed by atoms with E-state index in [9.17, 15) is 0 Å². The first kappa shape index (κ1) is 8.41. The van der Waals surface area contributed by atoms with Crippen LogP contribution in [0.25, 0.3) is 0 Å². The van der Waals surface area contributed by atoms with Gasteiger partial charge in [-0.1, -0.05) is 13.8 Å². The smallest absolute Gasteiger partial charge is 0.0588 e. The summed E-state index contributed by atoms with van der Waals surface area (Å²) in [5.41, 5.74) is 0. The van der Waals surface area contributed by atoms with E-state index in [2.05, 4.69) is 26.5 Å². The molecule has 10 heavy (non-hydrogen) atoms. The Balaban J connectivity index is 2.24. The summed E-state index contributed by atoms with van der Waals surface area (Å²) in [6.07, 6.45) is 4.02. The van der Waals surface area contributed by atoms with E-state index in [-0.39, 0.29) is 4.75 Å². The van der Waals surface area contributed by atoms with E-state index < -0.39 is 0 Å². The monoisotopic (exact) mass is 160 g/mol. The van der Waals surface area contributed by atoms with Gasteiger partial charge in [0, 0.05) is 11.4 Å². The van der Waals surface area contributed by atoms with Crippen LogP contribution in [0, 0.1) is 0 Å². The lowest BCUT2D eigenvalue weighted by molar-refractivity contribution is 0.0980. The van der Waals surface area contributed by atoms with Crippen LogP contribution in [0.5, 0.6) is 0 Å². The van der Waals surface area contributed by atoms with Gasteiger partial charge in [-0.25, -0.2) is 0 Å². The number of rotatable bonds is 2. The first-order valence-corrected chi connectivity index (χ1v) is 4.37. The maximum Gasteiger partial charge on any atom is 0.0588 e. The number of thiol groups is 1. The van der Waals surface area contributed by atoms with Gasteiger partial charge >= 0.3 is 0 Å². The minimum atomic E-state index is 0.134. The van der Waals surface area contributed by atoms with Crippen molar-refractivity contribution in [2.45, 2.75) is 44.0 Å². The molecule has 0 saturated carbocycles. The van der Waals surface area contributed by atoms with Crippen LogP contribution in [0.3, 0.4) is 0 Å². The highest BCUT2D eigenvalue weighted by atomic mass is 32.1. The van der Waals surface area contributed by atoms with Crippen molar-refractivity contribution in [1.29, 1.82) is 0 Å². The van der Waals surface area contributed by atoms with Crippen LogP contribution in [0.15, 0.2) is 0 Å². The third-order valence-electron chi connectivity index (χ3n) is 1.75. The lowest BCUT2D eigenvalue weighted by Gasteiger charge is -2.20. The van der Waals surface area contributed by atoms with Gasteiger partial charge in [0.15, 0.2) is 0 Å². The Bertz CT molecular complexity index is 100. The van der Waals surface area contributed by atoms with Crippen LogP contribution in [0.2, 0.25) is 0 Å². The predicted octanol–water partition coefficient (Wildman–Crippen LogP) is 2.26. The van der Waals surface area contributed by atoms with E-state index >= 15 is 0 Å². The lowest BCUT2D eigenvalue weighted by atomic mass is 10.0. The van der Waals surface area contributed by atoms with Crippen LogP contribution < -0.4 is 0 Å². The van der Waals surface area contributed by atoms with Crippen molar-refractivity contribution in [3.63, 3.8) is 0 Å². The molecule has 0 unspecified atom stereocenters. The van der Waals surface area contributed by atoms with Gasteiger partial charge in [-0.05, 0) is 19.3 Å². The molecular formula is C8H16OS. The molecule has 1 rings (SSSR count). The Morgan fingerprint density at radius 3 is 2.70 bits per heavy atom. The average Bonchev–Trinajstić information content (AvgIpc) is 2.12. The van der Waals surface area contributed by atoms with Gasteiger partial charge in [0.05, 0.1) is 6.10 Å². The van der Waals surface area contributed by atoms with Gasteiger partial charge in [0.1, 0.15) is 0 Å². The summed E-state index contributed by atoms with van der Waals surface area (Å²) in [6.45, 7) is 5.23. The minimum Gasteiger partial charge on any atom is -0.378 e. The highest BCUT2D eigenvalue weighted by Crippen LogP contribution is 2.25. The second-order valence-corrected chi connectivity index (χ2v) is 4.86. The average molecular weight is 160 g/mol. The minimum absolute atomic E-state index is 0.134. The maximum absolute atomic E-state index is 5.48. The van der Waals surface area contributed by atoms with Crippen LogP contribution in [0.4, 0.5) is 0 Å². The van der Waals surface area contributed by atoms with E-state index in [1.807, 2.05) is 0 Å². The largest absolute Gasteiger partial charge is 0.378 e. The molecular weight excluding hydrogens is 144 g/mol. The molecule has 0 radical (unpaired) electrons. The number of hydrogen-bond acceptors (Lipinski definition) is 2. The van der Waals surface area contributed by atoms with Crippen molar-refractivity contribution >= 4 is 12.6 Å². The van der Waals surface area contributed by atoms with Crippen molar-refractivity contribution in [2.75, 3.05) is 6.61 Å². The van der Waals surface area contributed by atoms with Gasteiger partial charge in [-0.3, -0.25) is 0 Å². The Hall–Kier alpha value is 0.310. The van der Waals surface area contributed by atoms with Crippen LogP contribution in [-0.4, -0.2) is 17.5 Å². The van der Waals surface area contributed by atoms with Gasteiger partial charge in [0.25, 0.3) is 0 Å². The molecule has 0 spiro atoms. The molecule has 2 heteroatoms. The summed E-state index contributed by atoms with van der Waals surface area (Å²) in [4.78, 5) is 0. The first-order chi connectivity index (χ1) is 4.58. The molecule has 0 aromatic carbocycles. The van der Waals surface area contributed by atoms with Gasteiger partial charge < -0.3 is 4.74 Å². The van der Waals surface area contributed by atoms with Gasteiger partial charge in [-0.2, -0.15) is 12.6 Å². The topological polar surface area (TPSA) is 9.23 Å². The summed E-state index contributed by atoms with van der Waals surface area (Å²) in [6, 6.07) is 0. The Morgan fingerprint density at radius 2 is 2.30 bits per heavy atom. The van der Waals surface area contributed by atoms with Crippen LogP contribution in [-0.2, 0) is 4.74 Å². The lowest BCUT2D eigenvalue weighted by Crippen LogP contribution is -2.19. The van der Waals surface area contributed by atoms with E-state index in [1.165, 1.54) is 12.8 Å². The molecule has 1 heterocycles. The van der Waals surface area contributed by atoms with E-state index in [0.717, 1.165) is 13.0 Å². The molecule has 0 aromatic rings. The van der Waals surface area contributed by atoms with E-state index in [4.69, 9.17) is 4.74 Å². The van der Waals surface area contributed by atoms with Crippen LogP contribution >= 0.6 is 12.6 Å². The molecule has 0 N–H and O–H groups in total. The first-order valence-electron chi connectivity index (χ1n) is 3.92. The molecule has 1 aliphatic heterocycles. The molecule has 1 fully saturated rings. The third-order valence-corrected chi connectivity index (χ3v) is 1.93. The molecule has 0 bridgehead atoms. The quantitative estimate of drug-likeness (QED) is 0.610. The normalized spacial score (nSPS) is 27.3. The molecule has 0 aliphatic carbocycles. The number of hydrogen-bond donors (Lipinski definition) is 1. The fraction of sp³-hybridized carbons (Fsp3) is 1.00. The zero-order valence-corrected chi connectivity index (χ0v) is 7.66. The Morgan fingerprint density at radius 1 is 1.60 bits per heavy atom. The van der Waals surface area contributed by atoms with Crippen molar-refractivity contribution in [3.05, 3.63) is 0 Å². The molecule has 0 amide bonds. The number of ether oxygens (including phenoxy) is 1. The highest BCUT2D eigenvalue weighted by Gasteiger charge is 2.22. The van der Waals surface area contributed by atoms with Gasteiger partial charge in [-0.15, -0.1) is 0 Å². The van der Waals surface area contributed by atoms with Crippen molar-refractivity contribution in [3.8, 4) is 0 Å². The van der Waals surface area contributed by atoms with Crippen molar-refractivity contribution in [1.82, 2.24) is 0 Å². The standard InChI is InChI=1S/C8H16OS/c1-8(2,10)6-7-4-3-5-9-7/h7,10H,3-6H2,1-2H3/t7-/m0/s1. The second kappa shape index (κ2) is 3.14. The Kier molecular flexibility index (Phi) is 2.64. The van der Waals surface area contributed by atoms with Gasteiger partial charge in [0.2, 0.25) is 0 Å². The van der Waals surface area contributed by atoms with E-state index in [1.54, 1.807) is 0 Å². The fourth-order valence-electron chi connectivity index (χ4n) is 1.36. The molecule has 1 aliphatic rings. The van der Waals surface area contributed by atoms with Crippen molar-refractivity contribution < 1.29 is 4.74 Å². The second-order valence-electron chi connectivity index (χ2n) is 3.65. The fourth-order valence-corrected chi connectivity index (χ4v) is 1.57. The summed E-state index contributed by atoms with van der Waals surface area (Å²) in [7, 11) is 0. The molecule has 1 atom stereocenters. The maximum atomic E-state index is 5.48. The zero-order valence-electron chi connectivity index (χ0n) is 6.76. The molecule has 1 nitrogen and oxygen atoms in total. The van der Waals surface area contributed by atoms with E-state index in [0.29, 0.717) is 6.10 Å². The zero-order chi connectivity index (χ0) is 7.61. The predicted molar refractivity (Wildman–Crippen MR) is 46.7 cm³/mol. The van der Waals surface area contributed by atoms with Crippen molar-refractivity contribution in [2.24, 2.45) is 0 Å². The molecule has 1 saturated heterocycles. The summed E-state index contributed by atoms with van der Waals surface area (Å²) < 4.78 is 5.61. The molecule has 60 valence electrons. The highest BCUT2D eigenvalue weighted by molar-refractivity contribution is 7.81. The SMILES string of the molecule is CC(C)(S)C[C@@H]1CCCO1. The summed E-state index contributed by atoms with van der Waals surface area (Å²) in [5, 5.41) is 0. The Labute approximate surface area is 68.6 Å². The third kappa shape index (κ3) is 2.93. The van der Waals surface area contributed by atoms with Crippen LogP contribution in [0.1, 0.15) is 33.1 Å². The summed E-state index contributed by atoms with van der Waals surface area (Å²) >= 11 is 4.45. The summed E-state index contributed by atoms with van der Waals surface area (Å²) in [5.74, 6) is 0.